The molecule has 1 aromatic heterocycles. The highest BCUT2D eigenvalue weighted by Crippen LogP contribution is 2.16. The SMILES string of the molecule is COc1ccc(OCCNCc2cnn(C)c2C)cc1. The molecule has 0 unspecified atom stereocenters. The van der Waals surface area contributed by atoms with E-state index in [2.05, 4.69) is 17.3 Å². The third-order valence-corrected chi connectivity index (χ3v) is 3.26. The number of nitrogens with one attached hydrogen (secondary N) is 1. The Hall–Kier alpha value is -2.01. The van der Waals surface area contributed by atoms with E-state index in [1.807, 2.05) is 42.2 Å². The number of methoxy groups -OCH3 is 1. The van der Waals surface area contributed by atoms with Gasteiger partial charge in [-0.1, -0.05) is 0 Å². The molecule has 0 saturated carbocycles. The van der Waals surface area contributed by atoms with Gasteiger partial charge in [0.1, 0.15) is 18.1 Å². The zero-order valence-electron chi connectivity index (χ0n) is 12.2. The van der Waals surface area contributed by atoms with Crippen molar-refractivity contribution in [3.05, 3.63) is 41.7 Å². The summed E-state index contributed by atoms with van der Waals surface area (Å²) in [6.45, 7) is 4.30. The van der Waals surface area contributed by atoms with E-state index in [1.54, 1.807) is 7.11 Å². The third kappa shape index (κ3) is 3.74. The van der Waals surface area contributed by atoms with Gasteiger partial charge in [0.2, 0.25) is 0 Å². The quantitative estimate of drug-likeness (QED) is 0.784. The number of nitrogens with zero attached hydrogens (tertiary/aromatic N) is 2. The number of rotatable bonds is 7. The molecular weight excluding hydrogens is 254 g/mol. The Morgan fingerprint density at radius 1 is 1.20 bits per heavy atom. The highest BCUT2D eigenvalue weighted by atomic mass is 16.5. The lowest BCUT2D eigenvalue weighted by atomic mass is 10.2. The zero-order chi connectivity index (χ0) is 14.4. The molecule has 0 spiro atoms. The van der Waals surface area contributed by atoms with Gasteiger partial charge in [0.15, 0.2) is 0 Å². The molecule has 1 N–H and O–H groups in total. The molecular formula is C15H21N3O2. The van der Waals surface area contributed by atoms with E-state index >= 15 is 0 Å². The number of benzene rings is 1. The monoisotopic (exact) mass is 275 g/mol. The minimum absolute atomic E-state index is 0.631. The molecule has 0 atom stereocenters. The molecule has 1 aromatic carbocycles. The first-order valence-electron chi connectivity index (χ1n) is 6.65. The van der Waals surface area contributed by atoms with Crippen molar-refractivity contribution in [3.8, 4) is 11.5 Å². The Labute approximate surface area is 119 Å². The first kappa shape index (κ1) is 14.4. The summed E-state index contributed by atoms with van der Waals surface area (Å²) >= 11 is 0. The first-order chi connectivity index (χ1) is 9.70. The van der Waals surface area contributed by atoms with Crippen LogP contribution >= 0.6 is 0 Å². The number of hydrogen-bond acceptors (Lipinski definition) is 4. The maximum atomic E-state index is 5.64. The van der Waals surface area contributed by atoms with Crippen molar-refractivity contribution in [2.24, 2.45) is 7.05 Å². The Kier molecular flexibility index (Phi) is 5.01. The number of hydrogen-bond donors (Lipinski definition) is 1. The number of aromatic nitrogens is 2. The van der Waals surface area contributed by atoms with Crippen LogP contribution in [0.15, 0.2) is 30.5 Å². The zero-order valence-corrected chi connectivity index (χ0v) is 12.2. The maximum absolute atomic E-state index is 5.64. The van der Waals surface area contributed by atoms with Crippen LogP contribution in [0.2, 0.25) is 0 Å². The second kappa shape index (κ2) is 6.96. The van der Waals surface area contributed by atoms with Crippen molar-refractivity contribution in [1.82, 2.24) is 15.1 Å². The van der Waals surface area contributed by atoms with Gasteiger partial charge < -0.3 is 14.8 Å². The van der Waals surface area contributed by atoms with Crippen LogP contribution in [0.3, 0.4) is 0 Å². The lowest BCUT2D eigenvalue weighted by Gasteiger charge is -2.08. The summed E-state index contributed by atoms with van der Waals surface area (Å²) in [6, 6.07) is 7.59. The minimum Gasteiger partial charge on any atom is -0.497 e. The van der Waals surface area contributed by atoms with Crippen LogP contribution in [0, 0.1) is 6.92 Å². The van der Waals surface area contributed by atoms with E-state index in [0.717, 1.165) is 24.6 Å². The average Bonchev–Trinajstić information content (AvgIpc) is 2.79. The summed E-state index contributed by atoms with van der Waals surface area (Å²) in [5, 5.41) is 7.56. The predicted octanol–water partition coefficient (Wildman–Crippen LogP) is 1.91. The third-order valence-electron chi connectivity index (χ3n) is 3.26. The summed E-state index contributed by atoms with van der Waals surface area (Å²) in [5.74, 6) is 1.69. The summed E-state index contributed by atoms with van der Waals surface area (Å²) < 4.78 is 12.6. The van der Waals surface area contributed by atoms with Crippen LogP contribution in [0.4, 0.5) is 0 Å². The Morgan fingerprint density at radius 3 is 2.50 bits per heavy atom. The second-order valence-electron chi connectivity index (χ2n) is 4.58. The number of aryl methyl sites for hydroxylation is 1. The summed E-state index contributed by atoms with van der Waals surface area (Å²) in [5.41, 5.74) is 2.41. The average molecular weight is 275 g/mol. The van der Waals surface area contributed by atoms with Crippen molar-refractivity contribution < 1.29 is 9.47 Å². The molecule has 0 saturated heterocycles. The normalized spacial score (nSPS) is 10.6. The second-order valence-corrected chi connectivity index (χ2v) is 4.58. The standard InChI is InChI=1S/C15H21N3O2/c1-12-13(11-17-18(12)2)10-16-8-9-20-15-6-4-14(19-3)5-7-15/h4-7,11,16H,8-10H2,1-3H3. The molecule has 5 nitrogen and oxygen atoms in total. The Morgan fingerprint density at radius 2 is 1.90 bits per heavy atom. The molecule has 0 amide bonds. The molecule has 0 aliphatic carbocycles. The molecule has 2 aromatic rings. The summed E-state index contributed by atoms with van der Waals surface area (Å²) in [7, 11) is 3.60. The van der Waals surface area contributed by atoms with Crippen molar-refractivity contribution in [2.45, 2.75) is 13.5 Å². The lowest BCUT2D eigenvalue weighted by molar-refractivity contribution is 0.313. The molecule has 20 heavy (non-hydrogen) atoms. The Balaban J connectivity index is 1.67. The highest BCUT2D eigenvalue weighted by Gasteiger charge is 2.02. The van der Waals surface area contributed by atoms with Crippen molar-refractivity contribution in [2.75, 3.05) is 20.3 Å². The molecule has 1 heterocycles. The molecule has 0 radical (unpaired) electrons. The summed E-state index contributed by atoms with van der Waals surface area (Å²) in [4.78, 5) is 0. The van der Waals surface area contributed by atoms with E-state index in [-0.39, 0.29) is 0 Å². The van der Waals surface area contributed by atoms with Crippen LogP contribution in [0.5, 0.6) is 11.5 Å². The molecule has 0 aliphatic heterocycles. The van der Waals surface area contributed by atoms with Crippen LogP contribution < -0.4 is 14.8 Å². The van der Waals surface area contributed by atoms with Gasteiger partial charge in [0.05, 0.1) is 13.3 Å². The van der Waals surface area contributed by atoms with Crippen LogP contribution in [-0.4, -0.2) is 30.0 Å². The number of ether oxygens (including phenoxy) is 2. The smallest absolute Gasteiger partial charge is 0.119 e. The molecule has 0 aliphatic rings. The van der Waals surface area contributed by atoms with Gasteiger partial charge in [-0.15, -0.1) is 0 Å². The van der Waals surface area contributed by atoms with Crippen LogP contribution in [0.1, 0.15) is 11.3 Å². The maximum Gasteiger partial charge on any atom is 0.119 e. The van der Waals surface area contributed by atoms with E-state index in [0.29, 0.717) is 6.61 Å². The topological polar surface area (TPSA) is 48.3 Å². The van der Waals surface area contributed by atoms with E-state index < -0.39 is 0 Å². The molecule has 0 bridgehead atoms. The van der Waals surface area contributed by atoms with Crippen molar-refractivity contribution in [3.63, 3.8) is 0 Å². The van der Waals surface area contributed by atoms with Gasteiger partial charge in [-0.3, -0.25) is 4.68 Å². The van der Waals surface area contributed by atoms with Gasteiger partial charge in [-0.2, -0.15) is 5.10 Å². The highest BCUT2D eigenvalue weighted by molar-refractivity contribution is 5.31. The Bertz CT molecular complexity index is 535. The lowest BCUT2D eigenvalue weighted by Crippen LogP contribution is -2.20. The molecule has 108 valence electrons. The fraction of sp³-hybridized carbons (Fsp3) is 0.400. The van der Waals surface area contributed by atoms with E-state index in [1.165, 1.54) is 11.3 Å². The van der Waals surface area contributed by atoms with E-state index in [9.17, 15) is 0 Å². The van der Waals surface area contributed by atoms with E-state index in [4.69, 9.17) is 9.47 Å². The van der Waals surface area contributed by atoms with Gasteiger partial charge in [-0.05, 0) is 31.2 Å². The van der Waals surface area contributed by atoms with Crippen LogP contribution in [0.25, 0.3) is 0 Å². The predicted molar refractivity (Wildman–Crippen MR) is 78.1 cm³/mol. The van der Waals surface area contributed by atoms with Gasteiger partial charge in [0.25, 0.3) is 0 Å². The summed E-state index contributed by atoms with van der Waals surface area (Å²) in [6.07, 6.45) is 1.90. The molecule has 0 fully saturated rings. The van der Waals surface area contributed by atoms with Crippen molar-refractivity contribution in [1.29, 1.82) is 0 Å². The van der Waals surface area contributed by atoms with Crippen molar-refractivity contribution >= 4 is 0 Å². The first-order valence-corrected chi connectivity index (χ1v) is 6.65. The van der Waals surface area contributed by atoms with Crippen LogP contribution in [-0.2, 0) is 13.6 Å². The molecule has 2 rings (SSSR count). The van der Waals surface area contributed by atoms with Gasteiger partial charge >= 0.3 is 0 Å². The minimum atomic E-state index is 0.631. The fourth-order valence-electron chi connectivity index (χ4n) is 1.85. The van der Waals surface area contributed by atoms with Gasteiger partial charge in [0, 0.05) is 31.4 Å². The fourth-order valence-corrected chi connectivity index (χ4v) is 1.85. The van der Waals surface area contributed by atoms with Gasteiger partial charge in [-0.25, -0.2) is 0 Å². The molecule has 5 heteroatoms. The largest absolute Gasteiger partial charge is 0.497 e.